The van der Waals surface area contributed by atoms with Gasteiger partial charge in [0.05, 0.1) is 45.5 Å². The van der Waals surface area contributed by atoms with E-state index in [9.17, 15) is 19.7 Å². The van der Waals surface area contributed by atoms with E-state index in [-0.39, 0.29) is 29.0 Å². The zero-order chi connectivity index (χ0) is 27.2. The second kappa shape index (κ2) is 12.0. The Morgan fingerprint density at radius 3 is 2.58 bits per heavy atom. The molecule has 0 spiro atoms. The summed E-state index contributed by atoms with van der Waals surface area (Å²) >= 11 is 1.10. The molecule has 1 aliphatic rings. The van der Waals surface area contributed by atoms with Crippen LogP contribution in [0.3, 0.4) is 0 Å². The lowest BCUT2D eigenvalue weighted by molar-refractivity contribution is -0.385. The van der Waals surface area contributed by atoms with Crippen LogP contribution in [0.2, 0.25) is 0 Å². The summed E-state index contributed by atoms with van der Waals surface area (Å²) in [6, 6.07) is 12.6. The van der Waals surface area contributed by atoms with Crippen molar-refractivity contribution in [2.24, 2.45) is 4.99 Å². The van der Waals surface area contributed by atoms with Crippen LogP contribution in [0.25, 0.3) is 6.08 Å². The molecule has 1 aromatic heterocycles. The number of benzene rings is 2. The molecule has 2 aromatic carbocycles. The summed E-state index contributed by atoms with van der Waals surface area (Å²) in [5.41, 5.74) is 1.08. The Bertz CT molecular complexity index is 1550. The summed E-state index contributed by atoms with van der Waals surface area (Å²) < 4.78 is 17.8. The summed E-state index contributed by atoms with van der Waals surface area (Å²) in [5, 5.41) is 11.5. The van der Waals surface area contributed by atoms with E-state index in [2.05, 4.69) is 4.99 Å². The van der Waals surface area contributed by atoms with Gasteiger partial charge in [0.15, 0.2) is 4.80 Å². The summed E-state index contributed by atoms with van der Waals surface area (Å²) in [6.45, 7) is 4.54. The number of thiazole rings is 1. The van der Waals surface area contributed by atoms with Crippen molar-refractivity contribution < 1.29 is 23.9 Å². The Labute approximate surface area is 222 Å². The second-order valence-electron chi connectivity index (χ2n) is 8.44. The average Bonchev–Trinajstić information content (AvgIpc) is 3.21. The van der Waals surface area contributed by atoms with Crippen molar-refractivity contribution in [2.75, 3.05) is 26.9 Å². The van der Waals surface area contributed by atoms with Crippen LogP contribution >= 0.6 is 11.3 Å². The summed E-state index contributed by atoms with van der Waals surface area (Å²) in [5.74, 6) is 0.0666. The topological polar surface area (TPSA) is 122 Å². The van der Waals surface area contributed by atoms with Crippen LogP contribution < -0.4 is 19.6 Å². The third kappa shape index (κ3) is 5.58. The molecule has 2 heterocycles. The number of fused-ring (bicyclic) bond motifs is 1. The van der Waals surface area contributed by atoms with E-state index >= 15 is 0 Å². The van der Waals surface area contributed by atoms with Crippen molar-refractivity contribution in [3.63, 3.8) is 0 Å². The molecule has 10 nitrogen and oxygen atoms in total. The van der Waals surface area contributed by atoms with Gasteiger partial charge in [-0.2, -0.15) is 0 Å². The molecule has 11 heteroatoms. The lowest BCUT2D eigenvalue weighted by atomic mass is 9.96. The molecule has 1 unspecified atom stereocenters. The fraction of sp³-hybridized carbons (Fsp3) is 0.296. The first-order valence-corrected chi connectivity index (χ1v) is 12.8. The zero-order valence-corrected chi connectivity index (χ0v) is 22.0. The van der Waals surface area contributed by atoms with Crippen molar-refractivity contribution in [2.45, 2.75) is 26.3 Å². The minimum atomic E-state index is -0.811. The highest BCUT2D eigenvalue weighted by Crippen LogP contribution is 2.31. The molecule has 0 fully saturated rings. The largest absolute Gasteiger partial charge is 0.494 e. The Morgan fingerprint density at radius 1 is 1.16 bits per heavy atom. The predicted octanol–water partition coefficient (Wildman–Crippen LogP) is 3.12. The van der Waals surface area contributed by atoms with Gasteiger partial charge in [-0.1, -0.05) is 42.5 Å². The quantitative estimate of drug-likeness (QED) is 0.169. The fourth-order valence-corrected chi connectivity index (χ4v) is 5.11. The SMILES string of the molecule is CCCOc1ccc(C2C(C(=O)OCCOC)=C(C)N=c3s/c(=C\c4ccccc4[N+](=O)[O-])c(=O)n32)cc1. The van der Waals surface area contributed by atoms with E-state index in [4.69, 9.17) is 14.2 Å². The number of nitro groups is 1. The van der Waals surface area contributed by atoms with Crippen molar-refractivity contribution in [3.05, 3.63) is 101 Å². The van der Waals surface area contributed by atoms with E-state index in [1.807, 2.05) is 6.92 Å². The molecule has 38 heavy (non-hydrogen) atoms. The van der Waals surface area contributed by atoms with Gasteiger partial charge in [0.25, 0.3) is 11.2 Å². The molecule has 0 aliphatic carbocycles. The average molecular weight is 538 g/mol. The number of carbonyl (C=O) groups is 1. The fourth-order valence-electron chi connectivity index (χ4n) is 4.08. The Hall–Kier alpha value is -4.09. The Kier molecular flexibility index (Phi) is 8.49. The normalized spacial score (nSPS) is 15.1. The molecule has 0 saturated heterocycles. The van der Waals surface area contributed by atoms with Crippen LogP contribution in [-0.4, -0.2) is 42.4 Å². The van der Waals surface area contributed by atoms with E-state index in [1.165, 1.54) is 23.8 Å². The number of nitrogens with zero attached hydrogens (tertiary/aromatic N) is 3. The van der Waals surface area contributed by atoms with Crippen LogP contribution in [0.5, 0.6) is 5.75 Å². The van der Waals surface area contributed by atoms with Gasteiger partial charge in [-0.05, 0) is 43.2 Å². The number of ether oxygens (including phenoxy) is 3. The molecule has 0 N–H and O–H groups in total. The van der Waals surface area contributed by atoms with Gasteiger partial charge >= 0.3 is 5.97 Å². The first kappa shape index (κ1) is 27.0. The maximum atomic E-state index is 13.7. The zero-order valence-electron chi connectivity index (χ0n) is 21.2. The number of nitro benzene ring substituents is 1. The van der Waals surface area contributed by atoms with E-state index < -0.39 is 22.5 Å². The van der Waals surface area contributed by atoms with Crippen molar-refractivity contribution in [1.29, 1.82) is 0 Å². The number of carbonyl (C=O) groups excluding carboxylic acids is 1. The van der Waals surface area contributed by atoms with E-state index in [0.29, 0.717) is 34.0 Å². The van der Waals surface area contributed by atoms with Gasteiger partial charge in [0.2, 0.25) is 0 Å². The van der Waals surface area contributed by atoms with Gasteiger partial charge in [-0.3, -0.25) is 19.5 Å². The molecular formula is C27H27N3O7S. The second-order valence-corrected chi connectivity index (χ2v) is 9.45. The Balaban J connectivity index is 1.87. The number of rotatable bonds is 10. The van der Waals surface area contributed by atoms with Crippen LogP contribution in [0.4, 0.5) is 5.69 Å². The monoisotopic (exact) mass is 537 g/mol. The molecule has 198 valence electrons. The molecule has 1 aliphatic heterocycles. The number of aromatic nitrogens is 1. The predicted molar refractivity (Wildman–Crippen MR) is 142 cm³/mol. The van der Waals surface area contributed by atoms with Crippen LogP contribution in [0, 0.1) is 10.1 Å². The standard InChI is InChI=1S/C27H27N3O7S/c1-4-13-36-20-11-9-18(10-12-20)24-23(26(32)37-15-14-35-3)17(2)28-27-29(24)25(31)22(38-27)16-19-7-5-6-8-21(19)30(33)34/h5-12,16,24H,4,13-15H2,1-3H3/b22-16-. The highest BCUT2D eigenvalue weighted by atomic mass is 32.1. The highest BCUT2D eigenvalue weighted by Gasteiger charge is 2.33. The van der Waals surface area contributed by atoms with Gasteiger partial charge < -0.3 is 14.2 Å². The smallest absolute Gasteiger partial charge is 0.338 e. The van der Waals surface area contributed by atoms with Crippen molar-refractivity contribution in [1.82, 2.24) is 4.57 Å². The molecule has 0 radical (unpaired) electrons. The summed E-state index contributed by atoms with van der Waals surface area (Å²) in [6.07, 6.45) is 2.34. The van der Waals surface area contributed by atoms with E-state index in [0.717, 1.165) is 17.8 Å². The lowest BCUT2D eigenvalue weighted by Crippen LogP contribution is -2.40. The molecule has 3 aromatic rings. The molecule has 0 bridgehead atoms. The maximum Gasteiger partial charge on any atom is 0.338 e. The minimum Gasteiger partial charge on any atom is -0.494 e. The van der Waals surface area contributed by atoms with Crippen LogP contribution in [-0.2, 0) is 14.3 Å². The van der Waals surface area contributed by atoms with Gasteiger partial charge in [0.1, 0.15) is 12.4 Å². The third-order valence-electron chi connectivity index (χ3n) is 5.85. The summed E-state index contributed by atoms with van der Waals surface area (Å²) in [4.78, 5) is 42.8. The molecule has 1 atom stereocenters. The molecular weight excluding hydrogens is 510 g/mol. The van der Waals surface area contributed by atoms with Gasteiger partial charge in [-0.25, -0.2) is 9.79 Å². The van der Waals surface area contributed by atoms with Crippen molar-refractivity contribution in [3.8, 4) is 5.75 Å². The van der Waals surface area contributed by atoms with Gasteiger partial charge in [-0.15, -0.1) is 0 Å². The number of hydrogen-bond donors (Lipinski definition) is 0. The van der Waals surface area contributed by atoms with Gasteiger partial charge in [0, 0.05) is 13.2 Å². The first-order valence-electron chi connectivity index (χ1n) is 12.0. The number of esters is 1. The molecule has 0 amide bonds. The Morgan fingerprint density at radius 2 is 1.89 bits per heavy atom. The summed E-state index contributed by atoms with van der Waals surface area (Å²) in [7, 11) is 1.51. The first-order chi connectivity index (χ1) is 18.3. The molecule has 4 rings (SSSR count). The van der Waals surface area contributed by atoms with E-state index in [1.54, 1.807) is 49.4 Å². The number of methoxy groups -OCH3 is 1. The lowest BCUT2D eigenvalue weighted by Gasteiger charge is -2.25. The number of hydrogen-bond acceptors (Lipinski definition) is 9. The molecule has 0 saturated carbocycles. The maximum absolute atomic E-state index is 13.7. The number of allylic oxidation sites excluding steroid dienone is 1. The minimum absolute atomic E-state index is 0.0464. The number of para-hydroxylation sites is 1. The van der Waals surface area contributed by atoms with Crippen LogP contribution in [0.15, 0.2) is 69.6 Å². The third-order valence-corrected chi connectivity index (χ3v) is 6.83. The van der Waals surface area contributed by atoms with Crippen molar-refractivity contribution >= 4 is 29.1 Å². The highest BCUT2D eigenvalue weighted by molar-refractivity contribution is 7.07. The van der Waals surface area contributed by atoms with Crippen LogP contribution in [0.1, 0.15) is 37.4 Å².